The van der Waals surface area contributed by atoms with Crippen LogP contribution < -0.4 is 4.90 Å². The molecule has 0 amide bonds. The van der Waals surface area contributed by atoms with Gasteiger partial charge in [-0.1, -0.05) is 15.9 Å². The average molecular weight is 304 g/mol. The predicted octanol–water partition coefficient (Wildman–Crippen LogP) is 3.14. The van der Waals surface area contributed by atoms with Gasteiger partial charge in [0.2, 0.25) is 0 Å². The minimum Gasteiger partial charge on any atom is -0.481 e. The van der Waals surface area contributed by atoms with Crippen LogP contribution in [0, 0.1) is 11.2 Å². The highest BCUT2D eigenvalue weighted by Crippen LogP contribution is 2.26. The molecule has 0 aromatic heterocycles. The van der Waals surface area contributed by atoms with Crippen molar-refractivity contribution in [1.29, 1.82) is 0 Å². The maximum Gasteiger partial charge on any atom is 0.310 e. The fraction of sp³-hybridized carbons (Fsp3) is 0.417. The molecule has 0 fully saturated rings. The van der Waals surface area contributed by atoms with Crippen LogP contribution >= 0.6 is 15.9 Å². The molecule has 0 unspecified atom stereocenters. The molecule has 0 saturated heterocycles. The van der Waals surface area contributed by atoms with Gasteiger partial charge in [0.25, 0.3) is 0 Å². The first-order chi connectivity index (χ1) is 7.74. The number of carbonyl (C=O) groups is 1. The molecular weight excluding hydrogens is 289 g/mol. The van der Waals surface area contributed by atoms with Crippen LogP contribution in [0.4, 0.5) is 10.1 Å². The van der Waals surface area contributed by atoms with E-state index in [-0.39, 0.29) is 12.4 Å². The van der Waals surface area contributed by atoms with Crippen molar-refractivity contribution in [3.63, 3.8) is 0 Å². The first kappa shape index (κ1) is 14.0. The number of hydrogen-bond acceptors (Lipinski definition) is 2. The van der Waals surface area contributed by atoms with E-state index in [4.69, 9.17) is 5.11 Å². The summed E-state index contributed by atoms with van der Waals surface area (Å²) >= 11 is 3.26. The third kappa shape index (κ3) is 3.43. The van der Waals surface area contributed by atoms with E-state index in [1.165, 1.54) is 6.07 Å². The topological polar surface area (TPSA) is 40.5 Å². The lowest BCUT2D eigenvalue weighted by molar-refractivity contribution is -0.146. The van der Waals surface area contributed by atoms with E-state index in [0.717, 1.165) is 4.47 Å². The SMILES string of the molecule is CN(CC(C)(C)C(=O)O)c1cc(Br)ccc1F. The first-order valence-electron chi connectivity index (χ1n) is 5.13. The highest BCUT2D eigenvalue weighted by Gasteiger charge is 2.29. The van der Waals surface area contributed by atoms with Gasteiger partial charge < -0.3 is 10.0 Å². The second-order valence-electron chi connectivity index (χ2n) is 4.64. The Kier molecular flexibility index (Phi) is 4.14. The zero-order valence-corrected chi connectivity index (χ0v) is 11.6. The number of nitrogens with zero attached hydrogens (tertiary/aromatic N) is 1. The van der Waals surface area contributed by atoms with Gasteiger partial charge in [0.1, 0.15) is 5.82 Å². The number of carboxylic acid groups (broad SMARTS) is 1. The molecule has 3 nitrogen and oxygen atoms in total. The third-order valence-electron chi connectivity index (χ3n) is 2.53. The van der Waals surface area contributed by atoms with Gasteiger partial charge in [-0.15, -0.1) is 0 Å². The summed E-state index contributed by atoms with van der Waals surface area (Å²) in [4.78, 5) is 12.6. The van der Waals surface area contributed by atoms with E-state index < -0.39 is 11.4 Å². The highest BCUT2D eigenvalue weighted by atomic mass is 79.9. The zero-order chi connectivity index (χ0) is 13.2. The Balaban J connectivity index is 2.94. The predicted molar refractivity (Wildman–Crippen MR) is 68.8 cm³/mol. The average Bonchev–Trinajstić information content (AvgIpc) is 2.20. The van der Waals surface area contributed by atoms with Crippen molar-refractivity contribution < 1.29 is 14.3 Å². The third-order valence-corrected chi connectivity index (χ3v) is 3.02. The Morgan fingerprint density at radius 1 is 1.53 bits per heavy atom. The van der Waals surface area contributed by atoms with Crippen molar-refractivity contribution in [3.05, 3.63) is 28.5 Å². The molecule has 1 aromatic carbocycles. The van der Waals surface area contributed by atoms with E-state index >= 15 is 0 Å². The van der Waals surface area contributed by atoms with Crippen molar-refractivity contribution in [2.75, 3.05) is 18.5 Å². The molecule has 0 aliphatic carbocycles. The lowest BCUT2D eigenvalue weighted by atomic mass is 9.93. The van der Waals surface area contributed by atoms with E-state index in [9.17, 15) is 9.18 Å². The Bertz CT molecular complexity index is 435. The summed E-state index contributed by atoms with van der Waals surface area (Å²) in [6.45, 7) is 3.46. The fourth-order valence-corrected chi connectivity index (χ4v) is 1.87. The molecule has 5 heteroatoms. The number of halogens is 2. The Hall–Kier alpha value is -1.10. The number of carboxylic acids is 1. The smallest absolute Gasteiger partial charge is 0.310 e. The molecule has 94 valence electrons. The van der Waals surface area contributed by atoms with E-state index in [1.54, 1.807) is 37.9 Å². The molecule has 0 atom stereocenters. The van der Waals surface area contributed by atoms with Crippen molar-refractivity contribution in [3.8, 4) is 0 Å². The first-order valence-corrected chi connectivity index (χ1v) is 5.93. The minimum absolute atomic E-state index is 0.232. The van der Waals surface area contributed by atoms with Gasteiger partial charge in [-0.3, -0.25) is 4.79 Å². The van der Waals surface area contributed by atoms with Gasteiger partial charge in [0.15, 0.2) is 0 Å². The summed E-state index contributed by atoms with van der Waals surface area (Å²) in [6, 6.07) is 4.59. The summed E-state index contributed by atoms with van der Waals surface area (Å²) in [5.74, 6) is -1.27. The highest BCUT2D eigenvalue weighted by molar-refractivity contribution is 9.10. The van der Waals surface area contributed by atoms with Crippen LogP contribution in [0.1, 0.15) is 13.8 Å². The molecule has 0 bridgehead atoms. The molecule has 17 heavy (non-hydrogen) atoms. The summed E-state index contributed by atoms with van der Waals surface area (Å²) in [5.41, 5.74) is -0.544. The van der Waals surface area contributed by atoms with Crippen LogP contribution in [0.3, 0.4) is 0 Å². The fourth-order valence-electron chi connectivity index (χ4n) is 1.52. The summed E-state index contributed by atoms with van der Waals surface area (Å²) < 4.78 is 14.3. The number of rotatable bonds is 4. The second-order valence-corrected chi connectivity index (χ2v) is 5.56. The number of aliphatic carboxylic acids is 1. The lowest BCUT2D eigenvalue weighted by Crippen LogP contribution is -2.37. The van der Waals surface area contributed by atoms with Crippen LogP contribution in [-0.4, -0.2) is 24.7 Å². The van der Waals surface area contributed by atoms with Crippen molar-refractivity contribution in [1.82, 2.24) is 0 Å². The van der Waals surface area contributed by atoms with E-state index in [1.807, 2.05) is 0 Å². The maximum atomic E-state index is 13.6. The van der Waals surface area contributed by atoms with Crippen LogP contribution in [0.2, 0.25) is 0 Å². The van der Waals surface area contributed by atoms with Crippen LogP contribution in [0.15, 0.2) is 22.7 Å². The number of hydrogen-bond donors (Lipinski definition) is 1. The zero-order valence-electron chi connectivity index (χ0n) is 10.00. The van der Waals surface area contributed by atoms with Crippen LogP contribution in [-0.2, 0) is 4.79 Å². The van der Waals surface area contributed by atoms with Crippen LogP contribution in [0.5, 0.6) is 0 Å². The molecule has 0 heterocycles. The van der Waals surface area contributed by atoms with Gasteiger partial charge in [0.05, 0.1) is 11.1 Å². The van der Waals surface area contributed by atoms with Gasteiger partial charge in [-0.05, 0) is 32.0 Å². The Labute approximate surface area is 108 Å². The molecule has 1 aromatic rings. The second kappa shape index (κ2) is 5.04. The summed E-state index contributed by atoms with van der Waals surface area (Å²) in [6.07, 6.45) is 0. The van der Waals surface area contributed by atoms with Gasteiger partial charge in [-0.2, -0.15) is 0 Å². The van der Waals surface area contributed by atoms with Crippen molar-refractivity contribution in [2.45, 2.75) is 13.8 Å². The van der Waals surface area contributed by atoms with Crippen LogP contribution in [0.25, 0.3) is 0 Å². The molecule has 0 radical (unpaired) electrons. The molecule has 0 spiro atoms. The molecular formula is C12H15BrFNO2. The largest absolute Gasteiger partial charge is 0.481 e. The summed E-state index contributed by atoms with van der Waals surface area (Å²) in [7, 11) is 1.68. The molecule has 1 N–H and O–H groups in total. The lowest BCUT2D eigenvalue weighted by Gasteiger charge is -2.28. The Morgan fingerprint density at radius 2 is 2.12 bits per heavy atom. The van der Waals surface area contributed by atoms with E-state index in [0.29, 0.717) is 5.69 Å². The molecule has 0 aliphatic rings. The van der Waals surface area contributed by atoms with Crippen molar-refractivity contribution >= 4 is 27.6 Å². The molecule has 0 saturated carbocycles. The monoisotopic (exact) mass is 303 g/mol. The molecule has 1 rings (SSSR count). The normalized spacial score (nSPS) is 11.4. The van der Waals surface area contributed by atoms with E-state index in [2.05, 4.69) is 15.9 Å². The number of benzene rings is 1. The standard InChI is InChI=1S/C12H15BrFNO2/c1-12(2,11(16)17)7-15(3)10-6-8(13)4-5-9(10)14/h4-6H,7H2,1-3H3,(H,16,17). The maximum absolute atomic E-state index is 13.6. The van der Waals surface area contributed by atoms with Gasteiger partial charge in [-0.25, -0.2) is 4.39 Å². The Morgan fingerprint density at radius 3 is 2.65 bits per heavy atom. The van der Waals surface area contributed by atoms with Gasteiger partial charge in [0, 0.05) is 18.1 Å². The quantitative estimate of drug-likeness (QED) is 0.929. The minimum atomic E-state index is -0.927. The molecule has 0 aliphatic heterocycles. The van der Waals surface area contributed by atoms with Gasteiger partial charge >= 0.3 is 5.97 Å². The number of anilines is 1. The van der Waals surface area contributed by atoms with Crippen molar-refractivity contribution in [2.24, 2.45) is 5.41 Å². The summed E-state index contributed by atoms with van der Waals surface area (Å²) in [5, 5.41) is 9.03.